The molecule has 0 aliphatic carbocycles. The zero-order valence-electron chi connectivity index (χ0n) is 25.3. The summed E-state index contributed by atoms with van der Waals surface area (Å²) in [5, 5.41) is 16.6. The molecule has 1 aliphatic heterocycles. The van der Waals surface area contributed by atoms with Crippen molar-refractivity contribution < 1.29 is 18.3 Å². The van der Waals surface area contributed by atoms with E-state index in [1.807, 2.05) is 17.0 Å². The fourth-order valence-corrected chi connectivity index (χ4v) is 6.37. The molecule has 0 radical (unpaired) electrons. The van der Waals surface area contributed by atoms with Crippen LogP contribution in [0.1, 0.15) is 36.5 Å². The zero-order chi connectivity index (χ0) is 34.0. The Balaban J connectivity index is 0.000000170. The molecular weight excluding hydrogens is 686 g/mol. The highest BCUT2D eigenvalue weighted by atomic mass is 35.5. The van der Waals surface area contributed by atoms with Gasteiger partial charge in [-0.2, -0.15) is 19.6 Å². The molecule has 8 nitrogen and oxygen atoms in total. The minimum absolute atomic E-state index is 0.0502. The average molecular weight is 713 g/mol. The van der Waals surface area contributed by atoms with Gasteiger partial charge in [0.25, 0.3) is 5.78 Å². The lowest BCUT2D eigenvalue weighted by molar-refractivity contribution is 0.125. The summed E-state index contributed by atoms with van der Waals surface area (Å²) in [6.07, 6.45) is 7.71. The summed E-state index contributed by atoms with van der Waals surface area (Å²) in [4.78, 5) is 18.1. The maximum atomic E-state index is 14.5. The summed E-state index contributed by atoms with van der Waals surface area (Å²) in [5.74, 6) is -1.89. The molecule has 6 aromatic rings. The Labute approximate surface area is 288 Å². The molecule has 48 heavy (non-hydrogen) atoms. The Morgan fingerprint density at radius 2 is 1.48 bits per heavy atom. The Hall–Kier alpha value is -4.29. The number of hydrogen-bond acceptors (Lipinski definition) is 7. The van der Waals surface area contributed by atoms with E-state index in [2.05, 4.69) is 32.0 Å². The highest BCUT2D eigenvalue weighted by molar-refractivity contribution is 6.33. The first-order valence-electron chi connectivity index (χ1n) is 14.9. The summed E-state index contributed by atoms with van der Waals surface area (Å²) in [7, 11) is 0. The summed E-state index contributed by atoms with van der Waals surface area (Å²) in [6.45, 7) is 3.50. The van der Waals surface area contributed by atoms with E-state index in [1.54, 1.807) is 48.8 Å². The molecule has 3 aromatic carbocycles. The largest absolute Gasteiger partial charge is 0.376 e. The fourth-order valence-electron chi connectivity index (χ4n) is 5.72. The van der Waals surface area contributed by atoms with Gasteiger partial charge in [0.05, 0.1) is 11.1 Å². The van der Waals surface area contributed by atoms with Gasteiger partial charge in [-0.1, -0.05) is 72.1 Å². The Morgan fingerprint density at radius 3 is 2.12 bits per heavy atom. The van der Waals surface area contributed by atoms with Gasteiger partial charge in [0.2, 0.25) is 0 Å². The lowest BCUT2D eigenvalue weighted by Crippen LogP contribution is -2.35. The molecule has 1 fully saturated rings. The van der Waals surface area contributed by atoms with Gasteiger partial charge >= 0.3 is 0 Å². The van der Waals surface area contributed by atoms with Crippen molar-refractivity contribution in [2.75, 3.05) is 18.0 Å². The van der Waals surface area contributed by atoms with Crippen LogP contribution in [-0.2, 0) is 5.60 Å². The molecule has 7 rings (SSSR count). The van der Waals surface area contributed by atoms with Crippen LogP contribution in [0.2, 0.25) is 15.2 Å². The molecule has 14 heteroatoms. The minimum Gasteiger partial charge on any atom is -0.376 e. The highest BCUT2D eigenvalue weighted by Gasteiger charge is 2.36. The van der Waals surface area contributed by atoms with Crippen LogP contribution in [0.25, 0.3) is 16.9 Å². The van der Waals surface area contributed by atoms with Crippen LogP contribution in [0.3, 0.4) is 0 Å². The Morgan fingerprint density at radius 1 is 0.833 bits per heavy atom. The summed E-state index contributed by atoms with van der Waals surface area (Å²) in [6, 6.07) is 15.4. The molecule has 3 aromatic heterocycles. The maximum Gasteiger partial charge on any atom is 0.255 e. The van der Waals surface area contributed by atoms with Crippen molar-refractivity contribution in [2.24, 2.45) is 5.92 Å². The third-order valence-electron chi connectivity index (χ3n) is 8.20. The second-order valence-electron chi connectivity index (χ2n) is 11.3. The first-order chi connectivity index (χ1) is 23.1. The number of rotatable bonds is 5. The molecule has 1 unspecified atom stereocenters. The number of nitrogens with zero attached hydrogens (tertiary/aromatic N) is 7. The second kappa shape index (κ2) is 14.1. The smallest absolute Gasteiger partial charge is 0.255 e. The normalized spacial score (nSPS) is 14.8. The number of hydrogen-bond donors (Lipinski definition) is 1. The second-order valence-corrected chi connectivity index (χ2v) is 12.5. The standard InChI is InChI=1S/C17H12Cl2N2O.C17H15ClF3N5/c18-14-7-5-12(6-8-14)17(22,13-9-20-11-21-10-13)15-3-1-2-4-16(15)19;1-9-2-4-25(5-3-9)16-14(13-11(20)6-10(19)7-12(13)21)15(18)24-17-22-8-23-26(16)17/h1-11,22H;6-9H,2-5H2,1H3. The molecule has 0 bridgehead atoms. The van der Waals surface area contributed by atoms with Gasteiger partial charge in [0.1, 0.15) is 46.7 Å². The van der Waals surface area contributed by atoms with Gasteiger partial charge in [-0.15, -0.1) is 0 Å². The Bertz CT molecular complexity index is 2040. The Kier molecular flexibility index (Phi) is 9.84. The van der Waals surface area contributed by atoms with Gasteiger partial charge in [0.15, 0.2) is 0 Å². The first-order valence-corrected chi connectivity index (χ1v) is 16.0. The van der Waals surface area contributed by atoms with E-state index in [-0.39, 0.29) is 16.5 Å². The van der Waals surface area contributed by atoms with Crippen LogP contribution in [0.4, 0.5) is 19.0 Å². The number of piperidine rings is 1. The van der Waals surface area contributed by atoms with Crippen molar-refractivity contribution in [1.82, 2.24) is 29.5 Å². The molecule has 4 heterocycles. The number of benzene rings is 3. The quantitative estimate of drug-likeness (QED) is 0.180. The lowest BCUT2D eigenvalue weighted by Gasteiger charge is -2.33. The van der Waals surface area contributed by atoms with Crippen LogP contribution in [0, 0.1) is 23.4 Å². The van der Waals surface area contributed by atoms with Crippen molar-refractivity contribution in [1.29, 1.82) is 0 Å². The van der Waals surface area contributed by atoms with Gasteiger partial charge in [-0.3, -0.25) is 0 Å². The van der Waals surface area contributed by atoms with E-state index in [9.17, 15) is 18.3 Å². The molecule has 0 amide bonds. The van der Waals surface area contributed by atoms with Crippen LogP contribution >= 0.6 is 34.8 Å². The molecule has 1 atom stereocenters. The zero-order valence-corrected chi connectivity index (χ0v) is 27.6. The van der Waals surface area contributed by atoms with Crippen LogP contribution in [-0.4, -0.2) is 47.7 Å². The van der Waals surface area contributed by atoms with Gasteiger partial charge in [-0.05, 0) is 42.5 Å². The monoisotopic (exact) mass is 711 g/mol. The third-order valence-corrected chi connectivity index (χ3v) is 9.06. The van der Waals surface area contributed by atoms with E-state index in [4.69, 9.17) is 34.8 Å². The summed E-state index contributed by atoms with van der Waals surface area (Å²) >= 11 is 18.6. The number of halogens is 6. The predicted molar refractivity (Wildman–Crippen MR) is 179 cm³/mol. The summed E-state index contributed by atoms with van der Waals surface area (Å²) < 4.78 is 43.7. The van der Waals surface area contributed by atoms with Crippen LogP contribution < -0.4 is 4.90 Å². The van der Waals surface area contributed by atoms with E-state index in [0.717, 1.165) is 12.8 Å². The number of aliphatic hydroxyl groups is 1. The van der Waals surface area contributed by atoms with E-state index >= 15 is 0 Å². The molecule has 1 aliphatic rings. The number of fused-ring (bicyclic) bond motifs is 1. The van der Waals surface area contributed by atoms with Crippen molar-refractivity contribution in [2.45, 2.75) is 25.4 Å². The average Bonchev–Trinajstić information content (AvgIpc) is 3.54. The van der Waals surface area contributed by atoms with Crippen molar-refractivity contribution >= 4 is 46.4 Å². The third kappa shape index (κ3) is 6.55. The van der Waals surface area contributed by atoms with Crippen molar-refractivity contribution in [3.8, 4) is 11.1 Å². The van der Waals surface area contributed by atoms with Gasteiger partial charge < -0.3 is 10.0 Å². The summed E-state index contributed by atoms with van der Waals surface area (Å²) in [5.41, 5.74) is -0.0901. The van der Waals surface area contributed by atoms with Crippen molar-refractivity contribution in [3.63, 3.8) is 0 Å². The van der Waals surface area contributed by atoms with Gasteiger partial charge in [-0.25, -0.2) is 23.1 Å². The number of aromatic nitrogens is 6. The van der Waals surface area contributed by atoms with Gasteiger partial charge in [0, 0.05) is 58.8 Å². The molecule has 246 valence electrons. The number of anilines is 1. The maximum absolute atomic E-state index is 14.5. The van der Waals surface area contributed by atoms with Crippen LogP contribution in [0.15, 0.2) is 85.7 Å². The van der Waals surface area contributed by atoms with E-state index < -0.39 is 28.6 Å². The topological polar surface area (TPSA) is 92.3 Å². The molecule has 0 saturated carbocycles. The van der Waals surface area contributed by atoms with Crippen LogP contribution in [0.5, 0.6) is 0 Å². The fraction of sp³-hybridized carbons (Fsp3) is 0.206. The molecule has 1 saturated heterocycles. The SMILES string of the molecule is CC1CCN(c2c(-c3c(F)cc(F)cc3F)c(Cl)nc3ncnn23)CC1.OC(c1ccc(Cl)cc1)(c1cncnc1)c1ccccc1Cl. The molecule has 1 N–H and O–H groups in total. The molecule has 0 spiro atoms. The lowest BCUT2D eigenvalue weighted by atomic mass is 9.81. The van der Waals surface area contributed by atoms with Crippen molar-refractivity contribution in [3.05, 3.63) is 135 Å². The minimum atomic E-state index is -1.45. The predicted octanol–water partition coefficient (Wildman–Crippen LogP) is 8.17. The first kappa shape index (κ1) is 33.6. The van der Waals surface area contributed by atoms with E-state index in [0.29, 0.717) is 63.7 Å². The highest BCUT2D eigenvalue weighted by Crippen LogP contribution is 2.41. The molecular formula is C34H27Cl3F3N7O. The van der Waals surface area contributed by atoms with E-state index in [1.165, 1.54) is 17.2 Å².